The summed E-state index contributed by atoms with van der Waals surface area (Å²) in [6.45, 7) is 5.20. The van der Waals surface area contributed by atoms with Gasteiger partial charge in [0.05, 0.1) is 6.10 Å². The molecular weight excluding hydrogens is 542 g/mol. The molecule has 1 spiro atoms. The Morgan fingerprint density at radius 2 is 1.74 bits per heavy atom. The van der Waals surface area contributed by atoms with Crippen molar-refractivity contribution < 1.29 is 5.11 Å². The fraction of sp³-hybridized carbons (Fsp3) is 0.520. The lowest BCUT2D eigenvalue weighted by atomic mass is 9.73. The van der Waals surface area contributed by atoms with E-state index in [1.165, 1.54) is 34.8 Å². The van der Waals surface area contributed by atoms with Crippen molar-refractivity contribution in [2.24, 2.45) is 0 Å². The molecule has 0 bridgehead atoms. The smallest absolute Gasteiger partial charge is 0.0720 e. The number of nitrogens with zero attached hydrogens (tertiary/aromatic N) is 2. The van der Waals surface area contributed by atoms with Crippen LogP contribution in [0.2, 0.25) is 0 Å². The van der Waals surface area contributed by atoms with Crippen LogP contribution in [-0.4, -0.2) is 53.2 Å². The Hall–Kier alpha value is -0.370. The van der Waals surface area contributed by atoms with E-state index in [0.717, 1.165) is 39.1 Å². The van der Waals surface area contributed by atoms with Crippen LogP contribution in [0.3, 0.4) is 0 Å². The minimum atomic E-state index is -0.188. The first-order valence-electron chi connectivity index (χ1n) is 11.1. The van der Waals surface area contributed by atoms with Crippen LogP contribution in [0.15, 0.2) is 48.5 Å². The summed E-state index contributed by atoms with van der Waals surface area (Å²) in [4.78, 5) is 5.13. The maximum atomic E-state index is 10.8. The Kier molecular flexibility index (Phi) is 8.72. The second-order valence-electron chi connectivity index (χ2n) is 9.26. The van der Waals surface area contributed by atoms with E-state index in [9.17, 15) is 5.11 Å². The van der Waals surface area contributed by atoms with E-state index in [4.69, 9.17) is 0 Å². The molecule has 2 aromatic carbocycles. The molecule has 0 saturated carbocycles. The molecule has 5 rings (SSSR count). The summed E-state index contributed by atoms with van der Waals surface area (Å²) < 4.78 is 1.30. The third-order valence-corrected chi connectivity index (χ3v) is 8.28. The van der Waals surface area contributed by atoms with E-state index in [1.54, 1.807) is 11.1 Å². The molecule has 3 aliphatic rings. The van der Waals surface area contributed by atoms with Gasteiger partial charge in [0.1, 0.15) is 0 Å². The van der Waals surface area contributed by atoms with Gasteiger partial charge in [-0.2, -0.15) is 0 Å². The van der Waals surface area contributed by atoms with Gasteiger partial charge in [-0.1, -0.05) is 36.4 Å². The number of hydrogen-bond acceptors (Lipinski definition) is 3. The van der Waals surface area contributed by atoms with Gasteiger partial charge < -0.3 is 5.11 Å². The van der Waals surface area contributed by atoms with Crippen LogP contribution in [0.4, 0.5) is 0 Å². The number of benzene rings is 2. The minimum Gasteiger partial charge on any atom is -0.391 e. The first-order chi connectivity index (χ1) is 14.1. The van der Waals surface area contributed by atoms with Crippen molar-refractivity contribution in [3.8, 4) is 0 Å². The molecule has 3 nitrogen and oxygen atoms in total. The summed E-state index contributed by atoms with van der Waals surface area (Å²) in [5.41, 5.74) is 4.96. The lowest BCUT2D eigenvalue weighted by Crippen LogP contribution is -2.57. The molecule has 2 aromatic rings. The highest BCUT2D eigenvalue weighted by molar-refractivity contribution is 14.1. The molecule has 6 heteroatoms. The van der Waals surface area contributed by atoms with Crippen molar-refractivity contribution >= 4 is 47.4 Å². The summed E-state index contributed by atoms with van der Waals surface area (Å²) in [6, 6.07) is 18.2. The summed E-state index contributed by atoms with van der Waals surface area (Å²) in [6.07, 6.45) is 5.73. The van der Waals surface area contributed by atoms with Gasteiger partial charge in [-0.3, -0.25) is 9.80 Å². The Morgan fingerprint density at radius 1 is 0.968 bits per heavy atom. The number of rotatable bonds is 3. The summed E-state index contributed by atoms with van der Waals surface area (Å²) >= 11 is 2.39. The minimum absolute atomic E-state index is 0. The summed E-state index contributed by atoms with van der Waals surface area (Å²) in [5, 5.41) is 10.8. The van der Waals surface area contributed by atoms with Gasteiger partial charge in [-0.25, -0.2) is 0 Å². The molecule has 1 N–H and O–H groups in total. The van der Waals surface area contributed by atoms with Gasteiger partial charge in [0.15, 0.2) is 0 Å². The van der Waals surface area contributed by atoms with Crippen molar-refractivity contribution in [3.63, 3.8) is 0 Å². The predicted molar refractivity (Wildman–Crippen MR) is 141 cm³/mol. The van der Waals surface area contributed by atoms with E-state index in [0.29, 0.717) is 5.41 Å². The van der Waals surface area contributed by atoms with Crippen LogP contribution in [0, 0.1) is 3.57 Å². The van der Waals surface area contributed by atoms with Gasteiger partial charge >= 0.3 is 0 Å². The van der Waals surface area contributed by atoms with Crippen molar-refractivity contribution in [2.45, 2.75) is 56.2 Å². The van der Waals surface area contributed by atoms with Crippen LogP contribution in [0.5, 0.6) is 0 Å². The first-order valence-corrected chi connectivity index (χ1v) is 12.2. The monoisotopic (exact) mass is 574 g/mol. The van der Waals surface area contributed by atoms with Crippen LogP contribution in [-0.2, 0) is 18.4 Å². The molecule has 0 aromatic heterocycles. The number of hydrogen-bond donors (Lipinski definition) is 1. The van der Waals surface area contributed by atoms with E-state index in [1.807, 2.05) is 0 Å². The fourth-order valence-corrected chi connectivity index (χ4v) is 6.56. The largest absolute Gasteiger partial charge is 0.391 e. The lowest BCUT2D eigenvalue weighted by molar-refractivity contribution is -0.0285. The topological polar surface area (TPSA) is 26.7 Å². The average Bonchev–Trinajstić information content (AvgIpc) is 3.09. The third-order valence-electron chi connectivity index (χ3n) is 7.61. The maximum Gasteiger partial charge on any atom is 0.0720 e. The second kappa shape index (κ2) is 10.7. The van der Waals surface area contributed by atoms with Crippen LogP contribution in [0.1, 0.15) is 42.4 Å². The van der Waals surface area contributed by atoms with Crippen LogP contribution >= 0.6 is 47.4 Å². The molecule has 170 valence electrons. The van der Waals surface area contributed by atoms with Gasteiger partial charge in [0.2, 0.25) is 0 Å². The van der Waals surface area contributed by atoms with E-state index in [2.05, 4.69) is 80.9 Å². The van der Waals surface area contributed by atoms with Crippen LogP contribution in [0.25, 0.3) is 0 Å². The standard InChI is InChI=1S/C25H31IN2O.2ClH/c26-21-6-3-4-19(16-21)17-27-13-9-24(29)23(18-27)28-14-11-25(12-15-28)10-8-20-5-1-2-7-22(20)25;;/h1-7,16,23-24,29H,8-15,17-18H2;2*1H. The van der Waals surface area contributed by atoms with Gasteiger partial charge in [-0.15, -0.1) is 24.8 Å². The molecule has 2 heterocycles. The lowest BCUT2D eigenvalue weighted by Gasteiger charge is -2.47. The molecule has 31 heavy (non-hydrogen) atoms. The normalized spacial score (nSPS) is 25.5. The molecule has 0 amide bonds. The fourth-order valence-electron chi connectivity index (χ4n) is 5.95. The highest BCUT2D eigenvalue weighted by Gasteiger charge is 2.43. The van der Waals surface area contributed by atoms with Crippen molar-refractivity contribution in [2.75, 3.05) is 26.2 Å². The van der Waals surface area contributed by atoms with E-state index >= 15 is 0 Å². The molecule has 0 radical (unpaired) electrons. The van der Waals surface area contributed by atoms with E-state index in [-0.39, 0.29) is 37.0 Å². The molecule has 2 saturated heterocycles. The zero-order chi connectivity index (χ0) is 19.8. The molecule has 2 fully saturated rings. The zero-order valence-electron chi connectivity index (χ0n) is 17.9. The molecule has 2 unspecified atom stereocenters. The number of aliphatic hydroxyl groups is 1. The predicted octanol–water partition coefficient (Wildman–Crippen LogP) is 5.05. The number of aryl methyl sites for hydroxylation is 1. The molecular formula is C25H33Cl2IN2O. The number of halogens is 3. The SMILES string of the molecule is Cl.Cl.OC1CCN(Cc2cccc(I)c2)CC1N1CCC2(CCc3ccccc32)CC1. The average molecular weight is 575 g/mol. The summed E-state index contributed by atoms with van der Waals surface area (Å²) in [5.74, 6) is 0. The molecule has 2 atom stereocenters. The quantitative estimate of drug-likeness (QED) is 0.520. The van der Waals surface area contributed by atoms with Gasteiger partial charge in [-0.05, 0) is 102 Å². The maximum absolute atomic E-state index is 10.8. The number of likely N-dealkylation sites (tertiary alicyclic amines) is 2. The highest BCUT2D eigenvalue weighted by atomic mass is 127. The van der Waals surface area contributed by atoms with Gasteiger partial charge in [0.25, 0.3) is 0 Å². The number of fused-ring (bicyclic) bond motifs is 2. The van der Waals surface area contributed by atoms with E-state index < -0.39 is 0 Å². The Morgan fingerprint density at radius 3 is 2.52 bits per heavy atom. The van der Waals surface area contributed by atoms with Crippen molar-refractivity contribution in [3.05, 3.63) is 68.8 Å². The number of piperidine rings is 2. The Balaban J connectivity index is 0.00000136. The Bertz CT molecular complexity index is 872. The highest BCUT2D eigenvalue weighted by Crippen LogP contribution is 2.46. The molecule has 2 aliphatic heterocycles. The van der Waals surface area contributed by atoms with Gasteiger partial charge in [0, 0.05) is 29.2 Å². The van der Waals surface area contributed by atoms with Crippen LogP contribution < -0.4 is 0 Å². The Labute approximate surface area is 212 Å². The third kappa shape index (κ3) is 5.25. The van der Waals surface area contributed by atoms with Crippen molar-refractivity contribution in [1.82, 2.24) is 9.80 Å². The zero-order valence-corrected chi connectivity index (χ0v) is 21.7. The molecule has 1 aliphatic carbocycles. The van der Waals surface area contributed by atoms with Crippen molar-refractivity contribution in [1.29, 1.82) is 0 Å². The summed E-state index contributed by atoms with van der Waals surface area (Å²) in [7, 11) is 0. The first kappa shape index (κ1) is 25.3. The number of aliphatic hydroxyl groups excluding tert-OH is 1. The second-order valence-corrected chi connectivity index (χ2v) is 10.5.